The highest BCUT2D eigenvalue weighted by Gasteiger charge is 2.30. The highest BCUT2D eigenvalue weighted by molar-refractivity contribution is 5.67. The van der Waals surface area contributed by atoms with Crippen molar-refractivity contribution in [2.75, 3.05) is 0 Å². The number of hydrogen-bond acceptors (Lipinski definition) is 4. The van der Waals surface area contributed by atoms with Crippen LogP contribution in [0.1, 0.15) is 37.2 Å². The van der Waals surface area contributed by atoms with E-state index in [1.807, 2.05) is 60.7 Å². The summed E-state index contributed by atoms with van der Waals surface area (Å²) in [7, 11) is 0. The minimum absolute atomic E-state index is 0.429. The lowest BCUT2D eigenvalue weighted by molar-refractivity contribution is -0.166. The fraction of sp³-hybridized carbons (Fsp3) is 0.222. The van der Waals surface area contributed by atoms with Crippen LogP contribution in [0.15, 0.2) is 60.7 Å². The van der Waals surface area contributed by atoms with Crippen LogP contribution in [0.5, 0.6) is 0 Å². The summed E-state index contributed by atoms with van der Waals surface area (Å²) in [6.07, 6.45) is -1.38. The van der Waals surface area contributed by atoms with E-state index in [4.69, 9.17) is 9.47 Å². The lowest BCUT2D eigenvalue weighted by Crippen LogP contribution is -2.21. The van der Waals surface area contributed by atoms with E-state index < -0.39 is 24.1 Å². The average molecular weight is 298 g/mol. The molecule has 0 aliphatic rings. The van der Waals surface area contributed by atoms with E-state index in [0.717, 1.165) is 11.1 Å². The van der Waals surface area contributed by atoms with Crippen molar-refractivity contribution in [2.24, 2.45) is 0 Å². The zero-order valence-corrected chi connectivity index (χ0v) is 12.6. The molecule has 0 bridgehead atoms. The molecule has 0 unspecified atom stereocenters. The molecule has 0 saturated carbocycles. The molecule has 22 heavy (non-hydrogen) atoms. The molecule has 2 aromatic rings. The number of carbonyl (C=O) groups is 2. The first-order valence-electron chi connectivity index (χ1n) is 7.02. The van der Waals surface area contributed by atoms with Gasteiger partial charge in [0.1, 0.15) is 0 Å². The number of rotatable bonds is 5. The Bertz CT molecular complexity index is 565. The van der Waals surface area contributed by atoms with Gasteiger partial charge in [0.15, 0.2) is 12.2 Å². The van der Waals surface area contributed by atoms with Crippen LogP contribution in [0.3, 0.4) is 0 Å². The predicted molar refractivity (Wildman–Crippen MR) is 81.9 cm³/mol. The van der Waals surface area contributed by atoms with Crippen molar-refractivity contribution in [3.05, 3.63) is 71.8 Å². The minimum atomic E-state index is -0.690. The standard InChI is InChI=1S/C18H18O4/c1-13(19)21-17(15-9-5-3-6-10-15)18(22-14(2)20)16-11-7-4-8-12-16/h3-12,17-18H,1-2H3/t17-,18-/m0/s1. The SMILES string of the molecule is CC(=O)O[C@@H](c1ccccc1)[C@@H](OC(C)=O)c1ccccc1. The van der Waals surface area contributed by atoms with Crippen molar-refractivity contribution in [2.45, 2.75) is 26.1 Å². The maximum Gasteiger partial charge on any atom is 0.303 e. The van der Waals surface area contributed by atoms with Crippen molar-refractivity contribution in [1.82, 2.24) is 0 Å². The number of esters is 2. The Labute approximate surface area is 129 Å². The summed E-state index contributed by atoms with van der Waals surface area (Å²) < 4.78 is 10.9. The zero-order valence-electron chi connectivity index (χ0n) is 12.6. The van der Waals surface area contributed by atoms with Crippen LogP contribution in [0.4, 0.5) is 0 Å². The van der Waals surface area contributed by atoms with Crippen LogP contribution < -0.4 is 0 Å². The van der Waals surface area contributed by atoms with Crippen LogP contribution in [0, 0.1) is 0 Å². The molecule has 4 heteroatoms. The molecule has 2 aromatic carbocycles. The Balaban J connectivity index is 2.43. The van der Waals surface area contributed by atoms with Crippen LogP contribution >= 0.6 is 0 Å². The summed E-state index contributed by atoms with van der Waals surface area (Å²) in [5.74, 6) is -0.858. The fourth-order valence-corrected chi connectivity index (χ4v) is 2.25. The van der Waals surface area contributed by atoms with Crippen molar-refractivity contribution in [3.63, 3.8) is 0 Å². The minimum Gasteiger partial charge on any atom is -0.453 e. The van der Waals surface area contributed by atoms with Crippen LogP contribution in [-0.4, -0.2) is 11.9 Å². The van der Waals surface area contributed by atoms with E-state index in [2.05, 4.69) is 0 Å². The van der Waals surface area contributed by atoms with E-state index in [1.54, 1.807) is 0 Å². The van der Waals surface area contributed by atoms with Gasteiger partial charge in [-0.15, -0.1) is 0 Å². The molecule has 0 aliphatic carbocycles. The molecule has 4 nitrogen and oxygen atoms in total. The topological polar surface area (TPSA) is 52.6 Å². The molecular formula is C18H18O4. The Morgan fingerprint density at radius 2 is 1.00 bits per heavy atom. The van der Waals surface area contributed by atoms with Gasteiger partial charge in [-0.05, 0) is 11.1 Å². The molecule has 2 atom stereocenters. The summed E-state index contributed by atoms with van der Waals surface area (Å²) in [6, 6.07) is 18.5. The largest absolute Gasteiger partial charge is 0.453 e. The highest BCUT2D eigenvalue weighted by atomic mass is 16.6. The van der Waals surface area contributed by atoms with Crippen molar-refractivity contribution in [3.8, 4) is 0 Å². The van der Waals surface area contributed by atoms with Gasteiger partial charge >= 0.3 is 11.9 Å². The number of hydrogen-bond donors (Lipinski definition) is 0. The van der Waals surface area contributed by atoms with Gasteiger partial charge in [-0.25, -0.2) is 0 Å². The van der Waals surface area contributed by atoms with Crippen molar-refractivity contribution < 1.29 is 19.1 Å². The lowest BCUT2D eigenvalue weighted by Gasteiger charge is -2.27. The van der Waals surface area contributed by atoms with Gasteiger partial charge in [0, 0.05) is 13.8 Å². The second-order valence-electron chi connectivity index (χ2n) is 4.88. The maximum atomic E-state index is 11.5. The molecule has 0 heterocycles. The summed E-state index contributed by atoms with van der Waals surface area (Å²) in [5.41, 5.74) is 1.54. The van der Waals surface area contributed by atoms with E-state index in [1.165, 1.54) is 13.8 Å². The molecular weight excluding hydrogens is 280 g/mol. The van der Waals surface area contributed by atoms with Crippen LogP contribution in [0.2, 0.25) is 0 Å². The van der Waals surface area contributed by atoms with Crippen molar-refractivity contribution in [1.29, 1.82) is 0 Å². The number of benzene rings is 2. The van der Waals surface area contributed by atoms with E-state index in [-0.39, 0.29) is 0 Å². The average Bonchev–Trinajstić information content (AvgIpc) is 2.52. The molecule has 0 amide bonds. The summed E-state index contributed by atoms with van der Waals surface area (Å²) in [5, 5.41) is 0. The van der Waals surface area contributed by atoms with Gasteiger partial charge in [0.2, 0.25) is 0 Å². The lowest BCUT2D eigenvalue weighted by atomic mass is 9.98. The van der Waals surface area contributed by atoms with Gasteiger partial charge in [0.05, 0.1) is 0 Å². The molecule has 0 radical (unpaired) electrons. The smallest absolute Gasteiger partial charge is 0.303 e. The molecule has 114 valence electrons. The second kappa shape index (κ2) is 7.41. The highest BCUT2D eigenvalue weighted by Crippen LogP contribution is 2.35. The van der Waals surface area contributed by atoms with Gasteiger partial charge in [0.25, 0.3) is 0 Å². The Hall–Kier alpha value is -2.62. The fourth-order valence-electron chi connectivity index (χ4n) is 2.25. The van der Waals surface area contributed by atoms with E-state index in [9.17, 15) is 9.59 Å². The normalized spacial score (nSPS) is 13.0. The first-order valence-corrected chi connectivity index (χ1v) is 7.02. The monoisotopic (exact) mass is 298 g/mol. The number of ether oxygens (including phenoxy) is 2. The van der Waals surface area contributed by atoms with E-state index in [0.29, 0.717) is 0 Å². The zero-order chi connectivity index (χ0) is 15.9. The Morgan fingerprint density at radius 1 is 0.682 bits per heavy atom. The Kier molecular flexibility index (Phi) is 5.31. The van der Waals surface area contributed by atoms with Crippen LogP contribution in [0.25, 0.3) is 0 Å². The molecule has 2 rings (SSSR count). The summed E-state index contributed by atoms with van der Waals surface area (Å²) in [4.78, 5) is 23.0. The van der Waals surface area contributed by atoms with Gasteiger partial charge in [-0.3, -0.25) is 9.59 Å². The molecule has 0 aliphatic heterocycles. The third-order valence-electron chi connectivity index (χ3n) is 3.12. The molecule has 0 saturated heterocycles. The van der Waals surface area contributed by atoms with Gasteiger partial charge in [-0.1, -0.05) is 60.7 Å². The van der Waals surface area contributed by atoms with Crippen LogP contribution in [-0.2, 0) is 19.1 Å². The second-order valence-corrected chi connectivity index (χ2v) is 4.88. The molecule has 0 spiro atoms. The van der Waals surface area contributed by atoms with Gasteiger partial charge in [-0.2, -0.15) is 0 Å². The summed E-state index contributed by atoms with van der Waals surface area (Å²) >= 11 is 0. The van der Waals surface area contributed by atoms with Crippen molar-refractivity contribution >= 4 is 11.9 Å². The molecule has 0 aromatic heterocycles. The maximum absolute atomic E-state index is 11.5. The quantitative estimate of drug-likeness (QED) is 0.791. The van der Waals surface area contributed by atoms with Gasteiger partial charge < -0.3 is 9.47 Å². The number of carbonyl (C=O) groups excluding carboxylic acids is 2. The first kappa shape index (κ1) is 15.8. The molecule has 0 N–H and O–H groups in total. The first-order chi connectivity index (χ1) is 10.6. The third kappa shape index (κ3) is 4.19. The molecule has 0 fully saturated rings. The third-order valence-corrected chi connectivity index (χ3v) is 3.12. The summed E-state index contributed by atoms with van der Waals surface area (Å²) in [6.45, 7) is 2.68. The Morgan fingerprint density at radius 3 is 1.27 bits per heavy atom. The predicted octanol–water partition coefficient (Wildman–Crippen LogP) is 3.60. The van der Waals surface area contributed by atoms with E-state index >= 15 is 0 Å².